The Labute approximate surface area is 169 Å². The Morgan fingerprint density at radius 1 is 0.519 bits per heavy atom. The molecule has 0 saturated carbocycles. The molecule has 0 aliphatic heterocycles. The maximum atomic E-state index is 11.0. The molecule has 0 aromatic carbocycles. The van der Waals surface area contributed by atoms with Crippen molar-refractivity contribution in [1.82, 2.24) is 0 Å². The molecule has 0 rings (SSSR count). The summed E-state index contributed by atoms with van der Waals surface area (Å²) in [7, 11) is -15.9. The van der Waals surface area contributed by atoms with E-state index in [1.165, 1.54) is 27.7 Å². The van der Waals surface area contributed by atoms with Gasteiger partial charge >= 0.3 is 30.4 Å². The van der Waals surface area contributed by atoms with Crippen molar-refractivity contribution in [1.29, 1.82) is 0 Å². The molecule has 27 heavy (non-hydrogen) atoms. The van der Waals surface area contributed by atoms with Crippen LogP contribution in [0.2, 0.25) is 0 Å². The molecule has 0 aliphatic rings. The van der Waals surface area contributed by atoms with Gasteiger partial charge in [-0.2, -0.15) is 0 Å². The topological polar surface area (TPSA) is 186 Å². The van der Waals surface area contributed by atoms with Crippen LogP contribution >= 0.6 is 30.4 Å². The van der Waals surface area contributed by atoms with E-state index in [0.29, 0.717) is 0 Å². The molecule has 4 atom stereocenters. The largest absolute Gasteiger partial charge is 0.340 e. The van der Waals surface area contributed by atoms with Gasteiger partial charge in [-0.25, -0.2) is 0 Å². The van der Waals surface area contributed by atoms with Crippen molar-refractivity contribution in [2.75, 3.05) is 38.2 Å². The van der Waals surface area contributed by atoms with E-state index in [1.54, 1.807) is 0 Å². The molecule has 17 heteroatoms. The van der Waals surface area contributed by atoms with Gasteiger partial charge < -0.3 is 37.7 Å². The predicted octanol–water partition coefficient (Wildman–Crippen LogP) is 2.77. The summed E-state index contributed by atoms with van der Waals surface area (Å²) >= 11 is 0. The van der Waals surface area contributed by atoms with Crippen LogP contribution in [0.3, 0.4) is 0 Å². The van der Waals surface area contributed by atoms with Crippen molar-refractivity contribution < 1.29 is 73.3 Å². The van der Waals surface area contributed by atoms with Crippen LogP contribution < -0.4 is 0 Å². The van der Waals surface area contributed by atoms with Gasteiger partial charge in [-0.15, -0.1) is 0 Å². The minimum absolute atomic E-state index is 0. The molecular weight excluding hydrogens is 488 g/mol. The average Bonchev–Trinajstić information content (AvgIpc) is 2.35. The summed E-state index contributed by atoms with van der Waals surface area (Å²) in [5.74, 6) is -1.72. The van der Waals surface area contributed by atoms with Crippen molar-refractivity contribution in [3.05, 3.63) is 0 Å². The standard InChI is InChI=1S/2C5H14O6P2.Cr/c2*1-3-10-12(6,7)5-13(8,9)11-4-2;/h2*3-5H2,1-2H3,(H,6,7)(H,8,9);. The van der Waals surface area contributed by atoms with Crippen LogP contribution in [0.1, 0.15) is 27.7 Å². The van der Waals surface area contributed by atoms with E-state index in [1.807, 2.05) is 0 Å². The van der Waals surface area contributed by atoms with Crippen molar-refractivity contribution in [3.8, 4) is 0 Å². The second kappa shape index (κ2) is 15.0. The third kappa shape index (κ3) is 20.2. The average molecular weight is 516 g/mol. The molecule has 0 aromatic heterocycles. The van der Waals surface area contributed by atoms with Crippen LogP contribution in [-0.2, 0) is 53.7 Å². The summed E-state index contributed by atoms with van der Waals surface area (Å²) in [6.45, 7) is 6.13. The van der Waals surface area contributed by atoms with E-state index in [4.69, 9.17) is 19.6 Å². The number of hydrogen-bond donors (Lipinski definition) is 4. The fourth-order valence-electron chi connectivity index (χ4n) is 1.42. The summed E-state index contributed by atoms with van der Waals surface area (Å²) in [5, 5.41) is 0. The molecule has 12 nitrogen and oxygen atoms in total. The van der Waals surface area contributed by atoms with Crippen LogP contribution in [0.4, 0.5) is 0 Å². The first-order valence-corrected chi connectivity index (χ1v) is 14.6. The molecule has 0 bridgehead atoms. The molecule has 0 amide bonds. The predicted molar refractivity (Wildman–Crippen MR) is 95.5 cm³/mol. The third-order valence-corrected chi connectivity index (χ3v) is 10.4. The first-order valence-electron chi connectivity index (χ1n) is 7.51. The van der Waals surface area contributed by atoms with E-state index in [9.17, 15) is 18.3 Å². The van der Waals surface area contributed by atoms with Crippen LogP contribution in [0.25, 0.3) is 0 Å². The zero-order valence-electron chi connectivity index (χ0n) is 15.5. The van der Waals surface area contributed by atoms with E-state index in [0.717, 1.165) is 0 Å². The van der Waals surface area contributed by atoms with Gasteiger partial charge in [0.1, 0.15) is 0 Å². The van der Waals surface area contributed by atoms with Gasteiger partial charge in [0.2, 0.25) is 0 Å². The van der Waals surface area contributed by atoms with E-state index < -0.39 is 42.2 Å². The Bertz CT molecular complexity index is 487. The summed E-state index contributed by atoms with van der Waals surface area (Å²) in [5.41, 5.74) is 0. The molecule has 0 heterocycles. The normalized spacial score (nSPS) is 19.9. The van der Waals surface area contributed by atoms with Gasteiger partial charge in [-0.05, 0) is 27.7 Å². The monoisotopic (exact) mass is 516 g/mol. The van der Waals surface area contributed by atoms with Gasteiger partial charge in [0.15, 0.2) is 11.8 Å². The number of rotatable bonds is 12. The Hall–Kier alpha value is 1.13. The fourth-order valence-corrected chi connectivity index (χ4v) is 7.96. The van der Waals surface area contributed by atoms with Crippen molar-refractivity contribution in [3.63, 3.8) is 0 Å². The molecule has 0 aromatic rings. The van der Waals surface area contributed by atoms with Crippen molar-refractivity contribution >= 4 is 30.4 Å². The molecule has 0 radical (unpaired) electrons. The smallest absolute Gasteiger partial charge is 0.324 e. The Morgan fingerprint density at radius 2 is 0.667 bits per heavy atom. The van der Waals surface area contributed by atoms with Crippen LogP contribution in [-0.4, -0.2) is 57.8 Å². The summed E-state index contributed by atoms with van der Waals surface area (Å²) in [4.78, 5) is 36.0. The molecule has 0 aliphatic carbocycles. The van der Waals surface area contributed by atoms with Crippen LogP contribution in [0.15, 0.2) is 0 Å². The summed E-state index contributed by atoms with van der Waals surface area (Å²) in [6.07, 6.45) is 0. The molecule has 4 unspecified atom stereocenters. The van der Waals surface area contributed by atoms with E-state index >= 15 is 0 Å². The molecule has 166 valence electrons. The number of hydrogen-bond acceptors (Lipinski definition) is 8. The second-order valence-corrected chi connectivity index (χ2v) is 12.9. The van der Waals surface area contributed by atoms with Gasteiger partial charge in [0.25, 0.3) is 0 Å². The molecule has 0 saturated heterocycles. The third-order valence-electron chi connectivity index (χ3n) is 2.04. The van der Waals surface area contributed by atoms with Crippen LogP contribution in [0, 0.1) is 0 Å². The Morgan fingerprint density at radius 3 is 0.778 bits per heavy atom. The minimum Gasteiger partial charge on any atom is -0.324 e. The maximum Gasteiger partial charge on any atom is 0.340 e. The van der Waals surface area contributed by atoms with Gasteiger partial charge in [-0.1, -0.05) is 0 Å². The zero-order valence-corrected chi connectivity index (χ0v) is 20.3. The zero-order chi connectivity index (χ0) is 21.1. The van der Waals surface area contributed by atoms with E-state index in [2.05, 4.69) is 18.1 Å². The molecule has 4 N–H and O–H groups in total. The molecule has 0 fully saturated rings. The molecular formula is C10H28CrO12P4. The first kappa shape index (κ1) is 32.8. The van der Waals surface area contributed by atoms with Crippen molar-refractivity contribution in [2.24, 2.45) is 0 Å². The van der Waals surface area contributed by atoms with E-state index in [-0.39, 0.29) is 43.8 Å². The van der Waals surface area contributed by atoms with Crippen molar-refractivity contribution in [2.45, 2.75) is 27.7 Å². The van der Waals surface area contributed by atoms with Gasteiger partial charge in [0, 0.05) is 17.4 Å². The second-order valence-electron chi connectivity index (χ2n) is 4.50. The molecule has 0 spiro atoms. The quantitative estimate of drug-likeness (QED) is 0.278. The maximum absolute atomic E-state index is 11.0. The minimum atomic E-state index is -3.98. The van der Waals surface area contributed by atoms with Gasteiger partial charge in [0.05, 0.1) is 26.4 Å². The Kier molecular flexibility index (Phi) is 18.2. The summed E-state index contributed by atoms with van der Waals surface area (Å²) < 4.78 is 61.7. The fraction of sp³-hybridized carbons (Fsp3) is 1.00. The van der Waals surface area contributed by atoms with Gasteiger partial charge in [-0.3, -0.25) is 18.3 Å². The SMILES string of the molecule is CCOP(=O)(O)CP(=O)(O)OCC.CCOP(=O)(O)CP(=O)(O)OCC.[Cr]. The summed E-state index contributed by atoms with van der Waals surface area (Å²) in [6, 6.07) is 0. The first-order chi connectivity index (χ1) is 11.7. The van der Waals surface area contributed by atoms with Crippen LogP contribution in [0.5, 0.6) is 0 Å². The Balaban J connectivity index is -0.000000411.